The van der Waals surface area contributed by atoms with Crippen LogP contribution >= 0.6 is 11.6 Å². The van der Waals surface area contributed by atoms with Crippen LogP contribution in [0.1, 0.15) is 18.1 Å². The molecule has 0 saturated carbocycles. The number of halogens is 2. The number of hydrogen-bond donors (Lipinski definition) is 1. The van der Waals surface area contributed by atoms with Crippen LogP contribution < -0.4 is 10.5 Å². The van der Waals surface area contributed by atoms with Crippen LogP contribution in [0.2, 0.25) is 5.02 Å². The van der Waals surface area contributed by atoms with Gasteiger partial charge < -0.3 is 10.5 Å². The van der Waals surface area contributed by atoms with Crippen molar-refractivity contribution in [3.05, 3.63) is 58.4 Å². The summed E-state index contributed by atoms with van der Waals surface area (Å²) in [6.45, 7) is 2.45. The van der Waals surface area contributed by atoms with Crippen LogP contribution in [0.4, 0.5) is 4.39 Å². The second kappa shape index (κ2) is 6.73. The number of nitrogens with two attached hydrogens (primary N) is 1. The van der Waals surface area contributed by atoms with Crippen LogP contribution in [-0.4, -0.2) is 6.54 Å². The van der Waals surface area contributed by atoms with Gasteiger partial charge in [0.25, 0.3) is 0 Å². The molecule has 0 amide bonds. The second-order valence-electron chi connectivity index (χ2n) is 4.48. The molecule has 4 heteroatoms. The first-order valence-electron chi connectivity index (χ1n) is 6.59. The Bertz CT molecular complexity index is 601. The van der Waals surface area contributed by atoms with E-state index in [9.17, 15) is 4.39 Å². The van der Waals surface area contributed by atoms with E-state index in [1.54, 1.807) is 18.2 Å². The van der Waals surface area contributed by atoms with Crippen LogP contribution in [0, 0.1) is 5.82 Å². The predicted octanol–water partition coefficient (Wildman–Crippen LogP) is 4.34. The summed E-state index contributed by atoms with van der Waals surface area (Å²) in [4.78, 5) is 0. The maximum absolute atomic E-state index is 13.9. The van der Waals surface area contributed by atoms with Gasteiger partial charge >= 0.3 is 0 Å². The summed E-state index contributed by atoms with van der Waals surface area (Å²) in [6, 6.07) is 10.2. The minimum Gasteiger partial charge on any atom is -0.454 e. The molecular formula is C16H17ClFNO. The number of aryl methyl sites for hydroxylation is 1. The van der Waals surface area contributed by atoms with E-state index in [4.69, 9.17) is 22.1 Å². The van der Waals surface area contributed by atoms with E-state index in [0.717, 1.165) is 17.5 Å². The van der Waals surface area contributed by atoms with Crippen LogP contribution in [0.3, 0.4) is 0 Å². The van der Waals surface area contributed by atoms with Crippen molar-refractivity contribution < 1.29 is 9.13 Å². The molecule has 106 valence electrons. The van der Waals surface area contributed by atoms with Crippen molar-refractivity contribution in [2.45, 2.75) is 19.8 Å². The van der Waals surface area contributed by atoms with Crippen molar-refractivity contribution in [3.8, 4) is 11.5 Å². The molecule has 0 atom stereocenters. The van der Waals surface area contributed by atoms with Gasteiger partial charge in [0.2, 0.25) is 0 Å². The first-order chi connectivity index (χ1) is 9.65. The van der Waals surface area contributed by atoms with Crippen molar-refractivity contribution in [1.29, 1.82) is 0 Å². The topological polar surface area (TPSA) is 35.2 Å². The smallest absolute Gasteiger partial charge is 0.166 e. The van der Waals surface area contributed by atoms with Gasteiger partial charge in [-0.3, -0.25) is 0 Å². The molecule has 0 saturated heterocycles. The van der Waals surface area contributed by atoms with Crippen LogP contribution in [-0.2, 0) is 12.8 Å². The van der Waals surface area contributed by atoms with Crippen LogP contribution in [0.25, 0.3) is 0 Å². The lowest BCUT2D eigenvalue weighted by Gasteiger charge is -2.13. The molecule has 0 aromatic heterocycles. The lowest BCUT2D eigenvalue weighted by Crippen LogP contribution is -2.05. The van der Waals surface area contributed by atoms with Crippen molar-refractivity contribution >= 4 is 11.6 Å². The first kappa shape index (κ1) is 14.8. The Morgan fingerprint density at radius 3 is 2.70 bits per heavy atom. The van der Waals surface area contributed by atoms with Crippen LogP contribution in [0.5, 0.6) is 11.5 Å². The number of benzene rings is 2. The summed E-state index contributed by atoms with van der Waals surface area (Å²) >= 11 is 6.07. The van der Waals surface area contributed by atoms with Crippen molar-refractivity contribution in [2.75, 3.05) is 6.54 Å². The summed E-state index contributed by atoms with van der Waals surface area (Å²) in [5, 5.41) is 0.690. The fourth-order valence-corrected chi connectivity index (χ4v) is 2.27. The lowest BCUT2D eigenvalue weighted by atomic mass is 10.1. The number of para-hydroxylation sites is 1. The van der Waals surface area contributed by atoms with E-state index < -0.39 is 0 Å². The maximum Gasteiger partial charge on any atom is 0.166 e. The van der Waals surface area contributed by atoms with E-state index in [-0.39, 0.29) is 11.6 Å². The third kappa shape index (κ3) is 3.30. The molecule has 2 aromatic rings. The Kier molecular flexibility index (Phi) is 4.99. The molecule has 0 fully saturated rings. The fourth-order valence-electron chi connectivity index (χ4n) is 2.02. The van der Waals surface area contributed by atoms with Gasteiger partial charge in [-0.05, 0) is 54.8 Å². The molecule has 2 aromatic carbocycles. The highest BCUT2D eigenvalue weighted by Gasteiger charge is 2.11. The molecular weight excluding hydrogens is 277 g/mol. The monoisotopic (exact) mass is 293 g/mol. The zero-order valence-corrected chi connectivity index (χ0v) is 12.1. The molecule has 0 unspecified atom stereocenters. The minimum absolute atomic E-state index is 0.238. The highest BCUT2D eigenvalue weighted by molar-refractivity contribution is 6.31. The largest absolute Gasteiger partial charge is 0.454 e. The molecule has 0 aliphatic heterocycles. The molecule has 2 nitrogen and oxygen atoms in total. The molecule has 0 heterocycles. The summed E-state index contributed by atoms with van der Waals surface area (Å²) in [5.41, 5.74) is 7.28. The Morgan fingerprint density at radius 1 is 1.20 bits per heavy atom. The maximum atomic E-state index is 13.9. The Balaban J connectivity index is 2.34. The van der Waals surface area contributed by atoms with Gasteiger partial charge in [0, 0.05) is 5.02 Å². The van der Waals surface area contributed by atoms with Crippen LogP contribution in [0.15, 0.2) is 36.4 Å². The number of rotatable bonds is 5. The lowest BCUT2D eigenvalue weighted by molar-refractivity contribution is 0.436. The average Bonchev–Trinajstić information content (AvgIpc) is 2.44. The number of ether oxygens (including phenoxy) is 1. The predicted molar refractivity (Wildman–Crippen MR) is 80.1 cm³/mol. The van der Waals surface area contributed by atoms with Gasteiger partial charge in [0.1, 0.15) is 5.75 Å². The van der Waals surface area contributed by atoms with Gasteiger partial charge in [-0.2, -0.15) is 0 Å². The quantitative estimate of drug-likeness (QED) is 0.890. The second-order valence-corrected chi connectivity index (χ2v) is 4.88. The van der Waals surface area contributed by atoms with Gasteiger partial charge in [-0.25, -0.2) is 4.39 Å². The molecule has 0 aliphatic carbocycles. The molecule has 2 rings (SSSR count). The average molecular weight is 294 g/mol. The van der Waals surface area contributed by atoms with E-state index in [1.807, 2.05) is 19.1 Å². The van der Waals surface area contributed by atoms with E-state index in [1.165, 1.54) is 6.07 Å². The van der Waals surface area contributed by atoms with Gasteiger partial charge in [0.15, 0.2) is 11.6 Å². The molecule has 2 N–H and O–H groups in total. The molecule has 0 aliphatic rings. The van der Waals surface area contributed by atoms with E-state index >= 15 is 0 Å². The van der Waals surface area contributed by atoms with Crippen molar-refractivity contribution in [1.82, 2.24) is 0 Å². The third-order valence-corrected chi connectivity index (χ3v) is 3.45. The van der Waals surface area contributed by atoms with Crippen molar-refractivity contribution in [3.63, 3.8) is 0 Å². The summed E-state index contributed by atoms with van der Waals surface area (Å²) < 4.78 is 19.6. The SMILES string of the molecule is CCc1cc(Oc2c(F)cccc2CCN)ccc1Cl. The zero-order valence-electron chi connectivity index (χ0n) is 11.3. The highest BCUT2D eigenvalue weighted by Crippen LogP contribution is 2.31. The Hall–Kier alpha value is -1.58. The van der Waals surface area contributed by atoms with Gasteiger partial charge in [-0.15, -0.1) is 0 Å². The fraction of sp³-hybridized carbons (Fsp3) is 0.250. The Morgan fingerprint density at radius 2 is 2.00 bits per heavy atom. The highest BCUT2D eigenvalue weighted by atomic mass is 35.5. The first-order valence-corrected chi connectivity index (χ1v) is 6.97. The molecule has 0 bridgehead atoms. The zero-order chi connectivity index (χ0) is 14.5. The molecule has 0 radical (unpaired) electrons. The standard InChI is InChI=1S/C16H17ClFNO/c1-2-11-10-13(6-7-14(11)17)20-16-12(8-9-19)4-3-5-15(16)18/h3-7,10H,2,8-9,19H2,1H3. The Labute approximate surface area is 123 Å². The number of hydrogen-bond acceptors (Lipinski definition) is 2. The van der Waals surface area contributed by atoms with E-state index in [2.05, 4.69) is 0 Å². The summed E-state index contributed by atoms with van der Waals surface area (Å²) in [7, 11) is 0. The summed E-state index contributed by atoms with van der Waals surface area (Å²) in [5.74, 6) is 0.431. The minimum atomic E-state index is -0.385. The molecule has 20 heavy (non-hydrogen) atoms. The van der Waals surface area contributed by atoms with Crippen molar-refractivity contribution in [2.24, 2.45) is 5.73 Å². The normalized spacial score (nSPS) is 10.6. The molecule has 0 spiro atoms. The van der Waals surface area contributed by atoms with E-state index in [0.29, 0.717) is 23.7 Å². The van der Waals surface area contributed by atoms with Gasteiger partial charge in [-0.1, -0.05) is 30.7 Å². The van der Waals surface area contributed by atoms with Gasteiger partial charge in [0.05, 0.1) is 0 Å². The third-order valence-electron chi connectivity index (χ3n) is 3.08. The summed E-state index contributed by atoms with van der Waals surface area (Å²) in [6.07, 6.45) is 1.37.